The van der Waals surface area contributed by atoms with Gasteiger partial charge in [-0.05, 0) is 51.5 Å². The molecule has 1 rings (SSSR count). The van der Waals surface area contributed by atoms with Crippen LogP contribution in [0.2, 0.25) is 0 Å². The van der Waals surface area contributed by atoms with Crippen molar-refractivity contribution in [2.24, 2.45) is 5.73 Å². The van der Waals surface area contributed by atoms with E-state index in [0.717, 1.165) is 0 Å². The molecule has 100 valence electrons. The third kappa shape index (κ3) is 4.33. The van der Waals surface area contributed by atoms with Crippen molar-refractivity contribution in [2.45, 2.75) is 39.3 Å². The summed E-state index contributed by atoms with van der Waals surface area (Å²) >= 11 is 0. The van der Waals surface area contributed by atoms with Gasteiger partial charge in [-0.15, -0.1) is 0 Å². The lowest BCUT2D eigenvalue weighted by Gasteiger charge is -2.21. The highest BCUT2D eigenvalue weighted by Gasteiger charge is 2.18. The van der Waals surface area contributed by atoms with Gasteiger partial charge in [0.2, 0.25) is 0 Å². The number of nitrogens with one attached hydrogen (secondary N) is 1. The Morgan fingerprint density at radius 1 is 1.44 bits per heavy atom. The summed E-state index contributed by atoms with van der Waals surface area (Å²) in [6.07, 6.45) is -0.587. The molecule has 3 N–H and O–H groups in total. The standard InChI is InChI=1S/C13H19FN2O2/c1-8(15)10-7-9(14)5-6-11(10)16-12(17)18-13(2,3)4/h5-8H,15H2,1-4H3,(H,16,17)/t8-/m1/s1. The average molecular weight is 254 g/mol. The highest BCUT2D eigenvalue weighted by Crippen LogP contribution is 2.23. The quantitative estimate of drug-likeness (QED) is 0.851. The predicted octanol–water partition coefficient (Wildman–Crippen LogP) is 3.19. The van der Waals surface area contributed by atoms with Crippen molar-refractivity contribution in [2.75, 3.05) is 5.32 Å². The first kappa shape index (κ1) is 14.4. The molecule has 0 aliphatic rings. The van der Waals surface area contributed by atoms with Crippen molar-refractivity contribution in [3.8, 4) is 0 Å². The molecule has 0 fully saturated rings. The minimum atomic E-state index is -0.587. The first-order valence-electron chi connectivity index (χ1n) is 5.74. The van der Waals surface area contributed by atoms with Crippen LogP contribution in [-0.2, 0) is 4.74 Å². The molecule has 0 unspecified atom stereocenters. The van der Waals surface area contributed by atoms with Crippen molar-refractivity contribution in [1.82, 2.24) is 0 Å². The number of anilines is 1. The summed E-state index contributed by atoms with van der Waals surface area (Å²) in [6.45, 7) is 7.02. The summed E-state index contributed by atoms with van der Waals surface area (Å²) in [6, 6.07) is 3.65. The Balaban J connectivity index is 2.88. The molecular weight excluding hydrogens is 235 g/mol. The molecule has 0 spiro atoms. The molecule has 0 heterocycles. The van der Waals surface area contributed by atoms with E-state index in [4.69, 9.17) is 10.5 Å². The first-order chi connectivity index (χ1) is 8.19. The Morgan fingerprint density at radius 2 is 2.06 bits per heavy atom. The number of ether oxygens (including phenoxy) is 1. The van der Waals surface area contributed by atoms with E-state index in [1.807, 2.05) is 0 Å². The topological polar surface area (TPSA) is 64.3 Å². The summed E-state index contributed by atoms with van der Waals surface area (Å²) in [5.74, 6) is -0.392. The molecule has 4 nitrogen and oxygen atoms in total. The number of carbonyl (C=O) groups excluding carboxylic acids is 1. The first-order valence-corrected chi connectivity index (χ1v) is 5.74. The summed E-state index contributed by atoms with van der Waals surface area (Å²) in [5, 5.41) is 2.57. The second-order valence-corrected chi connectivity index (χ2v) is 5.15. The zero-order valence-electron chi connectivity index (χ0n) is 11.1. The fourth-order valence-electron chi connectivity index (χ4n) is 1.44. The van der Waals surface area contributed by atoms with Crippen LogP contribution < -0.4 is 11.1 Å². The Labute approximate surface area is 106 Å². The second-order valence-electron chi connectivity index (χ2n) is 5.15. The number of nitrogens with two attached hydrogens (primary N) is 1. The van der Waals surface area contributed by atoms with Crippen LogP contribution in [0.25, 0.3) is 0 Å². The van der Waals surface area contributed by atoms with Gasteiger partial charge < -0.3 is 10.5 Å². The molecule has 0 aliphatic heterocycles. The molecule has 1 aromatic carbocycles. The molecule has 1 amide bonds. The highest BCUT2D eigenvalue weighted by atomic mass is 19.1. The van der Waals surface area contributed by atoms with Gasteiger partial charge in [-0.1, -0.05) is 0 Å². The molecule has 1 aromatic rings. The highest BCUT2D eigenvalue weighted by molar-refractivity contribution is 5.86. The van der Waals surface area contributed by atoms with Crippen molar-refractivity contribution >= 4 is 11.8 Å². The fourth-order valence-corrected chi connectivity index (χ4v) is 1.44. The monoisotopic (exact) mass is 254 g/mol. The molecule has 0 aliphatic carbocycles. The summed E-state index contributed by atoms with van der Waals surface area (Å²) in [7, 11) is 0. The number of rotatable bonds is 2. The van der Waals surface area contributed by atoms with Crippen molar-refractivity contribution in [3.63, 3.8) is 0 Å². The zero-order valence-corrected chi connectivity index (χ0v) is 11.1. The number of hydrogen-bond acceptors (Lipinski definition) is 3. The van der Waals surface area contributed by atoms with E-state index in [0.29, 0.717) is 11.3 Å². The number of amides is 1. The third-order valence-corrected chi connectivity index (χ3v) is 2.14. The van der Waals surface area contributed by atoms with Crippen LogP contribution in [0, 0.1) is 5.82 Å². The third-order valence-electron chi connectivity index (χ3n) is 2.14. The second kappa shape index (κ2) is 5.35. The fraction of sp³-hybridized carbons (Fsp3) is 0.462. The molecule has 0 bridgehead atoms. The van der Waals surface area contributed by atoms with Crippen molar-refractivity contribution < 1.29 is 13.9 Å². The summed E-state index contributed by atoms with van der Waals surface area (Å²) in [5.41, 5.74) is 6.13. The lowest BCUT2D eigenvalue weighted by atomic mass is 10.1. The van der Waals surface area contributed by atoms with Gasteiger partial charge in [0.05, 0.1) is 0 Å². The Hall–Kier alpha value is -1.62. The minimum Gasteiger partial charge on any atom is -0.444 e. The molecule has 0 saturated carbocycles. The Morgan fingerprint density at radius 3 is 2.56 bits per heavy atom. The van der Waals surface area contributed by atoms with Gasteiger partial charge in [-0.3, -0.25) is 5.32 Å². The van der Waals surface area contributed by atoms with Crippen LogP contribution in [0.15, 0.2) is 18.2 Å². The van der Waals surface area contributed by atoms with Gasteiger partial charge in [0.15, 0.2) is 0 Å². The van der Waals surface area contributed by atoms with Crippen molar-refractivity contribution in [3.05, 3.63) is 29.6 Å². The largest absolute Gasteiger partial charge is 0.444 e. The van der Waals surface area contributed by atoms with Gasteiger partial charge in [0, 0.05) is 11.7 Å². The van der Waals surface area contributed by atoms with Gasteiger partial charge >= 0.3 is 6.09 Å². The zero-order chi connectivity index (χ0) is 13.9. The average Bonchev–Trinajstić information content (AvgIpc) is 2.17. The lowest BCUT2D eigenvalue weighted by molar-refractivity contribution is 0.0635. The van der Waals surface area contributed by atoms with Gasteiger partial charge in [-0.25, -0.2) is 9.18 Å². The molecular formula is C13H19FN2O2. The van der Waals surface area contributed by atoms with Gasteiger partial charge in [-0.2, -0.15) is 0 Å². The van der Waals surface area contributed by atoms with Crippen LogP contribution in [0.3, 0.4) is 0 Å². The molecule has 18 heavy (non-hydrogen) atoms. The maximum atomic E-state index is 13.1. The SMILES string of the molecule is C[C@@H](N)c1cc(F)ccc1NC(=O)OC(C)(C)C. The Bertz CT molecular complexity index is 439. The number of carbonyl (C=O) groups is 1. The molecule has 0 aromatic heterocycles. The Kier molecular flexibility index (Phi) is 4.29. The predicted molar refractivity (Wildman–Crippen MR) is 68.9 cm³/mol. The molecule has 5 heteroatoms. The van der Waals surface area contributed by atoms with E-state index in [1.165, 1.54) is 18.2 Å². The number of benzene rings is 1. The lowest BCUT2D eigenvalue weighted by Crippen LogP contribution is -2.27. The van der Waals surface area contributed by atoms with Crippen LogP contribution in [0.5, 0.6) is 0 Å². The number of hydrogen-bond donors (Lipinski definition) is 2. The smallest absolute Gasteiger partial charge is 0.412 e. The summed E-state index contributed by atoms with van der Waals surface area (Å²) in [4.78, 5) is 11.6. The molecule has 0 saturated heterocycles. The van der Waals surface area contributed by atoms with Crippen LogP contribution in [-0.4, -0.2) is 11.7 Å². The van der Waals surface area contributed by atoms with Crippen molar-refractivity contribution in [1.29, 1.82) is 0 Å². The maximum Gasteiger partial charge on any atom is 0.412 e. The van der Waals surface area contributed by atoms with Crippen LogP contribution in [0.1, 0.15) is 39.3 Å². The summed E-state index contributed by atoms with van der Waals surface area (Å²) < 4.78 is 18.2. The van der Waals surface area contributed by atoms with E-state index in [-0.39, 0.29) is 6.04 Å². The number of halogens is 1. The van der Waals surface area contributed by atoms with E-state index in [9.17, 15) is 9.18 Å². The normalized spacial score (nSPS) is 13.0. The van der Waals surface area contributed by atoms with E-state index >= 15 is 0 Å². The maximum absolute atomic E-state index is 13.1. The van der Waals surface area contributed by atoms with Gasteiger partial charge in [0.1, 0.15) is 11.4 Å². The van der Waals surface area contributed by atoms with Gasteiger partial charge in [0.25, 0.3) is 0 Å². The van der Waals surface area contributed by atoms with E-state index < -0.39 is 17.5 Å². The molecule has 0 radical (unpaired) electrons. The van der Waals surface area contributed by atoms with E-state index in [1.54, 1.807) is 27.7 Å². The molecule has 1 atom stereocenters. The van der Waals surface area contributed by atoms with Crippen LogP contribution >= 0.6 is 0 Å². The van der Waals surface area contributed by atoms with E-state index in [2.05, 4.69) is 5.32 Å². The minimum absolute atomic E-state index is 0.384. The van der Waals surface area contributed by atoms with Crippen LogP contribution in [0.4, 0.5) is 14.9 Å².